The van der Waals surface area contributed by atoms with Crippen LogP contribution in [0.4, 0.5) is 10.5 Å². The summed E-state index contributed by atoms with van der Waals surface area (Å²) in [5.41, 5.74) is 1.18. The number of hydrogen-bond donors (Lipinski definition) is 1. The molecule has 0 radical (unpaired) electrons. The van der Waals surface area contributed by atoms with Gasteiger partial charge in [0, 0.05) is 10.7 Å². The van der Waals surface area contributed by atoms with E-state index in [0.29, 0.717) is 28.6 Å². The van der Waals surface area contributed by atoms with Crippen LogP contribution in [0.5, 0.6) is 5.75 Å². The van der Waals surface area contributed by atoms with E-state index in [-0.39, 0.29) is 11.4 Å². The Hall–Kier alpha value is -2.77. The van der Waals surface area contributed by atoms with Crippen molar-refractivity contribution in [3.63, 3.8) is 0 Å². The summed E-state index contributed by atoms with van der Waals surface area (Å²) < 4.78 is 5.34. The molecule has 0 aromatic heterocycles. The maximum Gasteiger partial charge on any atom is 0.294 e. The highest BCUT2D eigenvalue weighted by molar-refractivity contribution is 8.18. The normalized spacial score (nSPS) is 15.2. The van der Waals surface area contributed by atoms with E-state index in [1.54, 1.807) is 54.6 Å². The second kappa shape index (κ2) is 8.95. The third-order valence-electron chi connectivity index (χ3n) is 3.82. The van der Waals surface area contributed by atoms with Gasteiger partial charge < -0.3 is 10.1 Å². The molecule has 1 saturated heterocycles. The highest BCUT2D eigenvalue weighted by Crippen LogP contribution is 2.33. The lowest BCUT2D eigenvalue weighted by Crippen LogP contribution is -2.36. The van der Waals surface area contributed by atoms with Crippen molar-refractivity contribution >= 4 is 52.2 Å². The number of halogens is 1. The number of carbonyl (C=O) groups excluding carboxylic acids is 3. The SMILES string of the molecule is CCOc1ccc(NC(=O)CN2C(=O)S/C(=C\c3ccccc3Cl)C2=O)cc1. The summed E-state index contributed by atoms with van der Waals surface area (Å²) in [4.78, 5) is 38.1. The van der Waals surface area contributed by atoms with E-state index in [1.165, 1.54) is 0 Å². The third kappa shape index (κ3) is 4.74. The van der Waals surface area contributed by atoms with E-state index in [9.17, 15) is 14.4 Å². The Balaban J connectivity index is 1.65. The number of nitrogens with zero attached hydrogens (tertiary/aromatic N) is 1. The van der Waals surface area contributed by atoms with Gasteiger partial charge in [0.25, 0.3) is 11.1 Å². The minimum atomic E-state index is -0.517. The molecule has 1 aliphatic rings. The van der Waals surface area contributed by atoms with Crippen molar-refractivity contribution in [2.45, 2.75) is 6.92 Å². The molecule has 2 aromatic carbocycles. The number of benzene rings is 2. The molecular weight excluding hydrogens is 400 g/mol. The van der Waals surface area contributed by atoms with Crippen molar-refractivity contribution in [2.24, 2.45) is 0 Å². The van der Waals surface area contributed by atoms with Gasteiger partial charge in [0.15, 0.2) is 0 Å². The number of imide groups is 1. The van der Waals surface area contributed by atoms with Crippen LogP contribution in [0.2, 0.25) is 5.02 Å². The minimum Gasteiger partial charge on any atom is -0.494 e. The first-order valence-corrected chi connectivity index (χ1v) is 9.70. The fourth-order valence-corrected chi connectivity index (χ4v) is 3.53. The van der Waals surface area contributed by atoms with Gasteiger partial charge in [-0.2, -0.15) is 0 Å². The number of thioether (sulfide) groups is 1. The summed E-state index contributed by atoms with van der Waals surface area (Å²) in [7, 11) is 0. The van der Waals surface area contributed by atoms with Gasteiger partial charge in [-0.05, 0) is 60.7 Å². The Bertz CT molecular complexity index is 943. The van der Waals surface area contributed by atoms with Crippen LogP contribution >= 0.6 is 23.4 Å². The topological polar surface area (TPSA) is 75.7 Å². The number of amides is 3. The van der Waals surface area contributed by atoms with Gasteiger partial charge in [0.2, 0.25) is 5.91 Å². The largest absolute Gasteiger partial charge is 0.494 e. The molecule has 0 bridgehead atoms. The molecular formula is C20H17ClN2O4S. The minimum absolute atomic E-state index is 0.229. The molecule has 3 amide bonds. The van der Waals surface area contributed by atoms with E-state index in [4.69, 9.17) is 16.3 Å². The van der Waals surface area contributed by atoms with Gasteiger partial charge in [0.1, 0.15) is 12.3 Å². The summed E-state index contributed by atoms with van der Waals surface area (Å²) in [5, 5.41) is 2.64. The zero-order valence-corrected chi connectivity index (χ0v) is 16.5. The van der Waals surface area contributed by atoms with Crippen LogP contribution in [-0.4, -0.2) is 35.1 Å². The van der Waals surface area contributed by atoms with Crippen molar-refractivity contribution in [2.75, 3.05) is 18.5 Å². The van der Waals surface area contributed by atoms with E-state index in [2.05, 4.69) is 5.32 Å². The molecule has 1 fully saturated rings. The molecule has 0 saturated carbocycles. The zero-order valence-electron chi connectivity index (χ0n) is 15.0. The third-order valence-corrected chi connectivity index (χ3v) is 5.07. The van der Waals surface area contributed by atoms with Gasteiger partial charge in [-0.15, -0.1) is 0 Å². The fraction of sp³-hybridized carbons (Fsp3) is 0.150. The Morgan fingerprint density at radius 3 is 2.57 bits per heavy atom. The monoisotopic (exact) mass is 416 g/mol. The summed E-state index contributed by atoms with van der Waals surface area (Å²) in [6, 6.07) is 13.8. The molecule has 1 N–H and O–H groups in total. The van der Waals surface area contributed by atoms with Crippen molar-refractivity contribution < 1.29 is 19.1 Å². The van der Waals surface area contributed by atoms with Crippen molar-refractivity contribution in [3.8, 4) is 5.75 Å². The lowest BCUT2D eigenvalue weighted by Gasteiger charge is -2.12. The van der Waals surface area contributed by atoms with Crippen LogP contribution in [0, 0.1) is 0 Å². The van der Waals surface area contributed by atoms with Gasteiger partial charge in [-0.25, -0.2) is 0 Å². The van der Waals surface area contributed by atoms with Crippen LogP contribution in [0.3, 0.4) is 0 Å². The number of ether oxygens (including phenoxy) is 1. The molecule has 8 heteroatoms. The first-order valence-electron chi connectivity index (χ1n) is 8.50. The Labute approximate surface area is 171 Å². The molecule has 1 aliphatic heterocycles. The lowest BCUT2D eigenvalue weighted by molar-refractivity contribution is -0.127. The average molecular weight is 417 g/mol. The number of carbonyl (C=O) groups is 3. The van der Waals surface area contributed by atoms with Gasteiger partial charge in [-0.3, -0.25) is 19.3 Å². The Morgan fingerprint density at radius 1 is 1.18 bits per heavy atom. The first kappa shape index (κ1) is 20.0. The van der Waals surface area contributed by atoms with Crippen LogP contribution in [-0.2, 0) is 9.59 Å². The lowest BCUT2D eigenvalue weighted by atomic mass is 10.2. The second-order valence-corrected chi connectivity index (χ2v) is 7.20. The number of rotatable bonds is 6. The predicted octanol–water partition coefficient (Wildman–Crippen LogP) is 4.41. The quantitative estimate of drug-likeness (QED) is 0.706. The van der Waals surface area contributed by atoms with Crippen LogP contribution in [0.1, 0.15) is 12.5 Å². The molecule has 0 aliphatic carbocycles. The van der Waals surface area contributed by atoms with E-state index in [0.717, 1.165) is 16.7 Å². The number of anilines is 1. The van der Waals surface area contributed by atoms with Gasteiger partial charge in [0.05, 0.1) is 11.5 Å². The van der Waals surface area contributed by atoms with E-state index < -0.39 is 17.1 Å². The summed E-state index contributed by atoms with van der Waals surface area (Å²) in [6.07, 6.45) is 1.55. The molecule has 144 valence electrons. The maximum absolute atomic E-state index is 12.5. The number of nitrogens with one attached hydrogen (secondary N) is 1. The van der Waals surface area contributed by atoms with E-state index >= 15 is 0 Å². The molecule has 1 heterocycles. The second-order valence-electron chi connectivity index (χ2n) is 5.79. The van der Waals surface area contributed by atoms with Crippen LogP contribution < -0.4 is 10.1 Å². The fourth-order valence-electron chi connectivity index (χ4n) is 2.51. The van der Waals surface area contributed by atoms with Crippen LogP contribution in [0.25, 0.3) is 6.08 Å². The molecule has 6 nitrogen and oxygen atoms in total. The Kier molecular flexibility index (Phi) is 6.38. The van der Waals surface area contributed by atoms with Crippen molar-refractivity contribution in [1.82, 2.24) is 4.90 Å². The van der Waals surface area contributed by atoms with Crippen molar-refractivity contribution in [3.05, 3.63) is 64.0 Å². The van der Waals surface area contributed by atoms with Crippen molar-refractivity contribution in [1.29, 1.82) is 0 Å². The molecule has 2 aromatic rings. The van der Waals surface area contributed by atoms with Gasteiger partial charge >= 0.3 is 0 Å². The predicted molar refractivity (Wildman–Crippen MR) is 110 cm³/mol. The molecule has 28 heavy (non-hydrogen) atoms. The molecule has 0 spiro atoms. The standard InChI is InChI=1S/C20H17ClN2O4S/c1-2-27-15-9-7-14(8-10-15)22-18(24)12-23-19(25)17(28-20(23)26)11-13-5-3-4-6-16(13)21/h3-11H,2,12H2,1H3,(H,22,24)/b17-11-. The zero-order chi connectivity index (χ0) is 20.1. The maximum atomic E-state index is 12.5. The summed E-state index contributed by atoms with van der Waals surface area (Å²) in [5.74, 6) is -0.293. The molecule has 0 atom stereocenters. The highest BCUT2D eigenvalue weighted by Gasteiger charge is 2.36. The first-order chi connectivity index (χ1) is 13.5. The molecule has 0 unspecified atom stereocenters. The summed E-state index contributed by atoms with van der Waals surface area (Å²) in [6.45, 7) is 2.07. The van der Waals surface area contributed by atoms with E-state index in [1.807, 2.05) is 6.92 Å². The Morgan fingerprint density at radius 2 is 1.89 bits per heavy atom. The van der Waals surface area contributed by atoms with Crippen LogP contribution in [0.15, 0.2) is 53.4 Å². The smallest absolute Gasteiger partial charge is 0.294 e. The number of hydrogen-bond acceptors (Lipinski definition) is 5. The average Bonchev–Trinajstić information content (AvgIpc) is 2.93. The van der Waals surface area contributed by atoms with Gasteiger partial charge in [-0.1, -0.05) is 29.8 Å². The summed E-state index contributed by atoms with van der Waals surface area (Å²) >= 11 is 6.88. The highest BCUT2D eigenvalue weighted by atomic mass is 35.5. The molecule has 3 rings (SSSR count).